The van der Waals surface area contributed by atoms with Crippen LogP contribution in [-0.4, -0.2) is 55.5 Å². The molecule has 1 aliphatic heterocycles. The minimum absolute atomic E-state index is 0.0650. The number of pyridine rings is 1. The van der Waals surface area contributed by atoms with E-state index in [0.29, 0.717) is 34.7 Å². The van der Waals surface area contributed by atoms with Crippen molar-refractivity contribution in [2.24, 2.45) is 5.92 Å². The summed E-state index contributed by atoms with van der Waals surface area (Å²) in [5.74, 6) is -0.258. The fraction of sp³-hybridized carbons (Fsp3) is 0.450. The molecule has 1 saturated heterocycles. The van der Waals surface area contributed by atoms with Crippen LogP contribution < -0.4 is 5.32 Å². The number of hydrogen-bond acceptors (Lipinski definition) is 8. The highest BCUT2D eigenvalue weighted by Crippen LogP contribution is 2.28. The number of aromatic nitrogens is 4. The second-order valence-electron chi connectivity index (χ2n) is 7.40. The number of likely N-dealkylation sites (tertiary alicyclic amines) is 1. The van der Waals surface area contributed by atoms with Gasteiger partial charge in [0.2, 0.25) is 5.95 Å². The summed E-state index contributed by atoms with van der Waals surface area (Å²) >= 11 is 1.42. The highest BCUT2D eigenvalue weighted by molar-refractivity contribution is 7.18. The largest absolute Gasteiger partial charge is 0.396 e. The molecule has 1 amide bonds. The van der Waals surface area contributed by atoms with Gasteiger partial charge in [0, 0.05) is 31.8 Å². The van der Waals surface area contributed by atoms with Crippen LogP contribution >= 0.6 is 11.3 Å². The number of fused-ring (bicyclic) bond motifs is 1. The fourth-order valence-corrected chi connectivity index (χ4v) is 4.41. The second-order valence-corrected chi connectivity index (χ2v) is 8.48. The summed E-state index contributed by atoms with van der Waals surface area (Å²) in [4.78, 5) is 32.3. The summed E-state index contributed by atoms with van der Waals surface area (Å²) in [6.07, 6.45) is 4.22. The molecule has 1 fully saturated rings. The van der Waals surface area contributed by atoms with E-state index >= 15 is 0 Å². The fourth-order valence-electron chi connectivity index (χ4n) is 3.49. The molecule has 0 spiro atoms. The summed E-state index contributed by atoms with van der Waals surface area (Å²) in [5, 5.41) is 13.4. The van der Waals surface area contributed by atoms with E-state index in [1.54, 1.807) is 11.1 Å². The predicted molar refractivity (Wildman–Crippen MR) is 112 cm³/mol. The van der Waals surface area contributed by atoms with Gasteiger partial charge in [0.25, 0.3) is 5.91 Å². The number of nitrogens with zero attached hydrogens (tertiary/aromatic N) is 5. The average molecular weight is 431 g/mol. The number of carbonyl (C=O) groups excluding carboxylic acids is 1. The summed E-state index contributed by atoms with van der Waals surface area (Å²) < 4.78 is 14.2. The van der Waals surface area contributed by atoms with Crippen LogP contribution in [0.1, 0.15) is 47.4 Å². The molecule has 0 saturated carbocycles. The zero-order valence-electron chi connectivity index (χ0n) is 16.8. The predicted octanol–water partition coefficient (Wildman–Crippen LogP) is 2.81. The third-order valence-corrected chi connectivity index (χ3v) is 6.40. The Hall–Kier alpha value is -2.72. The van der Waals surface area contributed by atoms with Gasteiger partial charge in [-0.15, -0.1) is 11.3 Å². The molecule has 3 aromatic rings. The van der Waals surface area contributed by atoms with Crippen LogP contribution in [0.25, 0.3) is 10.3 Å². The zero-order valence-corrected chi connectivity index (χ0v) is 17.6. The average Bonchev–Trinajstić information content (AvgIpc) is 3.39. The first-order valence-corrected chi connectivity index (χ1v) is 10.7. The van der Waals surface area contributed by atoms with Crippen molar-refractivity contribution in [3.8, 4) is 0 Å². The maximum Gasteiger partial charge on any atom is 0.274 e. The van der Waals surface area contributed by atoms with Crippen LogP contribution in [0.5, 0.6) is 0 Å². The zero-order chi connectivity index (χ0) is 21.3. The van der Waals surface area contributed by atoms with Crippen molar-refractivity contribution < 1.29 is 14.3 Å². The second kappa shape index (κ2) is 8.57. The Kier molecular flexibility index (Phi) is 5.87. The van der Waals surface area contributed by atoms with Gasteiger partial charge in [-0.2, -0.15) is 4.98 Å². The smallest absolute Gasteiger partial charge is 0.274 e. The normalized spacial score (nSPS) is 17.5. The Labute approximate surface area is 177 Å². The minimum atomic E-state index is -0.423. The van der Waals surface area contributed by atoms with Gasteiger partial charge in [-0.1, -0.05) is 6.92 Å². The van der Waals surface area contributed by atoms with Crippen molar-refractivity contribution in [1.82, 2.24) is 24.8 Å². The van der Waals surface area contributed by atoms with Gasteiger partial charge in [0.15, 0.2) is 11.3 Å². The molecule has 2 N–H and O–H groups in total. The molecule has 8 nitrogen and oxygen atoms in total. The first kappa shape index (κ1) is 20.5. The van der Waals surface area contributed by atoms with E-state index in [2.05, 4.69) is 25.3 Å². The number of aryl methyl sites for hydroxylation is 1. The number of anilines is 1. The van der Waals surface area contributed by atoms with Crippen LogP contribution in [0.3, 0.4) is 0 Å². The van der Waals surface area contributed by atoms with E-state index in [-0.39, 0.29) is 30.4 Å². The molecule has 4 rings (SSSR count). The number of aliphatic hydroxyl groups is 1. The van der Waals surface area contributed by atoms with Crippen molar-refractivity contribution in [2.75, 3.05) is 25.0 Å². The number of rotatable bonds is 6. The summed E-state index contributed by atoms with van der Waals surface area (Å²) in [5.41, 5.74) is 1.42. The van der Waals surface area contributed by atoms with Gasteiger partial charge in [0.1, 0.15) is 10.5 Å². The molecule has 0 radical (unpaired) electrons. The van der Waals surface area contributed by atoms with Crippen molar-refractivity contribution in [2.45, 2.75) is 32.7 Å². The Balaban J connectivity index is 1.68. The van der Waals surface area contributed by atoms with E-state index in [4.69, 9.17) is 0 Å². The van der Waals surface area contributed by atoms with Crippen LogP contribution in [-0.2, 0) is 6.42 Å². The molecule has 0 bridgehead atoms. The molecule has 1 aliphatic rings. The van der Waals surface area contributed by atoms with E-state index in [1.165, 1.54) is 17.4 Å². The molecule has 30 heavy (non-hydrogen) atoms. The molecule has 0 aliphatic carbocycles. The molecular formula is C20H23FN6O2S. The lowest BCUT2D eigenvalue weighted by Gasteiger charge is -2.18. The first-order chi connectivity index (χ1) is 14.5. The van der Waals surface area contributed by atoms with Crippen molar-refractivity contribution in [3.63, 3.8) is 0 Å². The molecule has 10 heteroatoms. The molecule has 0 aromatic carbocycles. The van der Waals surface area contributed by atoms with E-state index in [9.17, 15) is 14.3 Å². The Morgan fingerprint density at radius 2 is 2.23 bits per heavy atom. The van der Waals surface area contributed by atoms with Gasteiger partial charge >= 0.3 is 0 Å². The number of aliphatic hydroxyl groups excluding tert-OH is 1. The molecule has 158 valence electrons. The van der Waals surface area contributed by atoms with Gasteiger partial charge in [-0.3, -0.25) is 9.78 Å². The quantitative estimate of drug-likeness (QED) is 0.620. The summed E-state index contributed by atoms with van der Waals surface area (Å²) in [6.45, 7) is 5.00. The van der Waals surface area contributed by atoms with Gasteiger partial charge in [-0.05, 0) is 31.4 Å². The van der Waals surface area contributed by atoms with Crippen molar-refractivity contribution in [3.05, 3.63) is 40.5 Å². The Morgan fingerprint density at radius 1 is 1.40 bits per heavy atom. The highest BCUT2D eigenvalue weighted by Gasteiger charge is 2.30. The number of amides is 1. The number of hydrogen-bond donors (Lipinski definition) is 2. The van der Waals surface area contributed by atoms with E-state index in [1.807, 2.05) is 13.8 Å². The Morgan fingerprint density at radius 3 is 2.93 bits per heavy atom. The van der Waals surface area contributed by atoms with Crippen molar-refractivity contribution in [1.29, 1.82) is 0 Å². The van der Waals surface area contributed by atoms with E-state index < -0.39 is 5.82 Å². The first-order valence-electron chi connectivity index (χ1n) is 9.93. The SMILES string of the molecule is CCc1nc2nc(NC(C)c3cncc(F)c3)nc(C(=O)N3CCC(CO)C3)c2s1. The topological polar surface area (TPSA) is 104 Å². The van der Waals surface area contributed by atoms with E-state index in [0.717, 1.165) is 24.0 Å². The lowest BCUT2D eigenvalue weighted by molar-refractivity contribution is 0.0778. The summed E-state index contributed by atoms with van der Waals surface area (Å²) in [6, 6.07) is 1.08. The van der Waals surface area contributed by atoms with Crippen LogP contribution in [0.15, 0.2) is 18.5 Å². The highest BCUT2D eigenvalue weighted by atomic mass is 32.1. The number of nitrogens with one attached hydrogen (secondary N) is 1. The number of thiazole rings is 1. The van der Waals surface area contributed by atoms with Crippen LogP contribution in [0, 0.1) is 11.7 Å². The van der Waals surface area contributed by atoms with Crippen LogP contribution in [0.2, 0.25) is 0 Å². The maximum absolute atomic E-state index is 13.5. The number of halogens is 1. The Bertz CT molecular complexity index is 1070. The van der Waals surface area contributed by atoms with Crippen LogP contribution in [0.4, 0.5) is 10.3 Å². The van der Waals surface area contributed by atoms with Gasteiger partial charge in [0.05, 0.1) is 17.2 Å². The molecule has 4 heterocycles. The molecular weight excluding hydrogens is 407 g/mol. The van der Waals surface area contributed by atoms with Gasteiger partial charge in [-0.25, -0.2) is 14.4 Å². The minimum Gasteiger partial charge on any atom is -0.396 e. The summed E-state index contributed by atoms with van der Waals surface area (Å²) in [7, 11) is 0. The molecule has 3 aromatic heterocycles. The molecule has 2 atom stereocenters. The van der Waals surface area contributed by atoms with Gasteiger partial charge < -0.3 is 15.3 Å². The number of carbonyl (C=O) groups is 1. The third kappa shape index (κ3) is 4.10. The molecule has 2 unspecified atom stereocenters. The lowest BCUT2D eigenvalue weighted by Crippen LogP contribution is -2.30. The van der Waals surface area contributed by atoms with Crippen molar-refractivity contribution >= 4 is 33.5 Å². The maximum atomic E-state index is 13.5. The third-order valence-electron chi connectivity index (χ3n) is 5.21. The lowest BCUT2D eigenvalue weighted by atomic mass is 10.1. The monoisotopic (exact) mass is 430 g/mol. The standard InChI is InChI=1S/C20H23FN6O2S/c1-3-15-24-18-17(30-15)16(19(29)27-5-4-12(9-27)10-28)25-20(26-18)23-11(2)13-6-14(21)8-22-7-13/h6-8,11-12,28H,3-5,9-10H2,1-2H3,(H,23,25,26).